The van der Waals surface area contributed by atoms with E-state index in [2.05, 4.69) is 33.0 Å². The van der Waals surface area contributed by atoms with Crippen LogP contribution < -0.4 is 15.5 Å². The first-order valence-electron chi connectivity index (χ1n) is 9.15. The zero-order valence-corrected chi connectivity index (χ0v) is 17.6. The molecule has 2 N–H and O–H groups in total. The number of nitrogens with zero attached hydrogens (tertiary/aromatic N) is 2. The lowest BCUT2D eigenvalue weighted by Crippen LogP contribution is -2.26. The molecule has 3 aromatic rings. The van der Waals surface area contributed by atoms with Gasteiger partial charge in [0.2, 0.25) is 0 Å². The molecular formula is C22H23ClN4O2. The third-order valence-electron chi connectivity index (χ3n) is 4.50. The second-order valence-corrected chi connectivity index (χ2v) is 7.21. The highest BCUT2D eigenvalue weighted by atomic mass is 35.5. The standard InChI is InChI=1S/C22H23ClN4O2/c1-13-7-14(2)21(15(3)8-13)24-12-20(28)27-25-11-17-9-16-10-18(29-4)5-6-19(16)26-22(17)23/h5-11,24H,12H2,1-4H3,(H,27,28)/b25-11-. The molecule has 0 bridgehead atoms. The molecule has 0 radical (unpaired) electrons. The Bertz CT molecular complexity index is 1070. The molecule has 0 spiro atoms. The molecule has 29 heavy (non-hydrogen) atoms. The molecule has 150 valence electrons. The minimum atomic E-state index is -0.257. The SMILES string of the molecule is COc1ccc2nc(Cl)c(/C=N\NC(=O)CNc3c(C)cc(C)cc3C)cc2c1. The minimum Gasteiger partial charge on any atom is -0.497 e. The quantitative estimate of drug-likeness (QED) is 0.359. The number of hydrazone groups is 1. The van der Waals surface area contributed by atoms with Gasteiger partial charge in [-0.05, 0) is 56.2 Å². The summed E-state index contributed by atoms with van der Waals surface area (Å²) in [6.07, 6.45) is 1.48. The smallest absolute Gasteiger partial charge is 0.259 e. The number of rotatable bonds is 6. The number of ether oxygens (including phenoxy) is 1. The lowest BCUT2D eigenvalue weighted by molar-refractivity contribution is -0.119. The van der Waals surface area contributed by atoms with Crippen LogP contribution in [0.3, 0.4) is 0 Å². The number of aromatic nitrogens is 1. The Labute approximate surface area is 174 Å². The first kappa shape index (κ1) is 20.6. The molecule has 6 nitrogen and oxygen atoms in total. The van der Waals surface area contributed by atoms with Gasteiger partial charge in [-0.1, -0.05) is 29.3 Å². The van der Waals surface area contributed by atoms with Gasteiger partial charge in [-0.3, -0.25) is 4.79 Å². The molecule has 2 aromatic carbocycles. The Morgan fingerprint density at radius 1 is 1.17 bits per heavy atom. The van der Waals surface area contributed by atoms with Crippen molar-refractivity contribution in [3.05, 3.63) is 63.8 Å². The van der Waals surface area contributed by atoms with Crippen LogP contribution in [0.25, 0.3) is 10.9 Å². The van der Waals surface area contributed by atoms with Gasteiger partial charge in [0.05, 0.1) is 25.4 Å². The molecular weight excluding hydrogens is 388 g/mol. The number of benzene rings is 2. The molecule has 0 fully saturated rings. The maximum absolute atomic E-state index is 12.1. The summed E-state index contributed by atoms with van der Waals surface area (Å²) < 4.78 is 5.23. The Morgan fingerprint density at radius 3 is 2.59 bits per heavy atom. The number of halogens is 1. The van der Waals surface area contributed by atoms with Crippen molar-refractivity contribution in [2.24, 2.45) is 5.10 Å². The van der Waals surface area contributed by atoms with E-state index < -0.39 is 0 Å². The van der Waals surface area contributed by atoms with Crippen LogP contribution in [0.2, 0.25) is 5.15 Å². The van der Waals surface area contributed by atoms with Crippen LogP contribution >= 0.6 is 11.6 Å². The molecule has 0 aliphatic heterocycles. The summed E-state index contributed by atoms with van der Waals surface area (Å²) >= 11 is 6.22. The highest BCUT2D eigenvalue weighted by Crippen LogP contribution is 2.24. The van der Waals surface area contributed by atoms with Crippen LogP contribution in [0, 0.1) is 20.8 Å². The molecule has 0 unspecified atom stereocenters. The maximum atomic E-state index is 12.1. The van der Waals surface area contributed by atoms with Gasteiger partial charge in [0.25, 0.3) is 5.91 Å². The topological polar surface area (TPSA) is 75.6 Å². The number of anilines is 1. The molecule has 0 atom stereocenters. The predicted octanol–water partition coefficient (Wildman–Crippen LogP) is 4.38. The Balaban J connectivity index is 1.65. The third-order valence-corrected chi connectivity index (χ3v) is 4.80. The number of fused-ring (bicyclic) bond motifs is 1. The van der Waals surface area contributed by atoms with E-state index in [4.69, 9.17) is 16.3 Å². The highest BCUT2D eigenvalue weighted by molar-refractivity contribution is 6.32. The highest BCUT2D eigenvalue weighted by Gasteiger charge is 2.07. The molecule has 0 saturated heterocycles. The van der Waals surface area contributed by atoms with E-state index in [1.807, 2.05) is 45.0 Å². The summed E-state index contributed by atoms with van der Waals surface area (Å²) in [5, 5.41) is 8.35. The molecule has 0 aliphatic rings. The number of pyridine rings is 1. The van der Waals surface area contributed by atoms with Gasteiger partial charge in [-0.2, -0.15) is 5.10 Å². The minimum absolute atomic E-state index is 0.114. The molecule has 3 rings (SSSR count). The number of carbonyl (C=O) groups excluding carboxylic acids is 1. The first-order valence-corrected chi connectivity index (χ1v) is 9.53. The predicted molar refractivity (Wildman–Crippen MR) is 118 cm³/mol. The number of aryl methyl sites for hydroxylation is 3. The number of nitrogens with one attached hydrogen (secondary N) is 2. The van der Waals surface area contributed by atoms with Crippen LogP contribution in [0.15, 0.2) is 41.5 Å². The van der Waals surface area contributed by atoms with Gasteiger partial charge in [-0.15, -0.1) is 0 Å². The molecule has 1 heterocycles. The lowest BCUT2D eigenvalue weighted by Gasteiger charge is -2.13. The monoisotopic (exact) mass is 410 g/mol. The number of amides is 1. The first-order chi connectivity index (χ1) is 13.9. The molecule has 1 amide bonds. The van der Waals surface area contributed by atoms with Gasteiger partial charge in [0.15, 0.2) is 0 Å². The van der Waals surface area contributed by atoms with E-state index in [1.165, 1.54) is 11.8 Å². The summed E-state index contributed by atoms with van der Waals surface area (Å²) in [5.41, 5.74) is 8.22. The molecule has 7 heteroatoms. The van der Waals surface area contributed by atoms with Crippen molar-refractivity contribution in [2.75, 3.05) is 19.0 Å². The summed E-state index contributed by atoms with van der Waals surface area (Å²) in [5.74, 6) is 0.470. The van der Waals surface area contributed by atoms with Crippen LogP contribution in [0.5, 0.6) is 5.75 Å². The van der Waals surface area contributed by atoms with Gasteiger partial charge < -0.3 is 10.1 Å². The van der Waals surface area contributed by atoms with Crippen molar-refractivity contribution in [2.45, 2.75) is 20.8 Å². The van der Waals surface area contributed by atoms with Crippen LogP contribution in [-0.4, -0.2) is 30.8 Å². The molecule has 1 aromatic heterocycles. The summed E-state index contributed by atoms with van der Waals surface area (Å²) in [6.45, 7) is 6.20. The molecule has 0 aliphatic carbocycles. The maximum Gasteiger partial charge on any atom is 0.259 e. The fraction of sp³-hybridized carbons (Fsp3) is 0.227. The fourth-order valence-corrected chi connectivity index (χ4v) is 3.40. The fourth-order valence-electron chi connectivity index (χ4n) is 3.21. The van der Waals surface area contributed by atoms with E-state index in [0.29, 0.717) is 10.7 Å². The Hall–Kier alpha value is -3.12. The summed E-state index contributed by atoms with van der Waals surface area (Å²) in [4.78, 5) is 16.5. The summed E-state index contributed by atoms with van der Waals surface area (Å²) in [6, 6.07) is 11.5. The van der Waals surface area contributed by atoms with Crippen LogP contribution in [0.4, 0.5) is 5.69 Å². The average Bonchev–Trinajstić information content (AvgIpc) is 2.67. The largest absolute Gasteiger partial charge is 0.497 e. The van der Waals surface area contributed by atoms with Crippen LogP contribution in [0.1, 0.15) is 22.3 Å². The number of carbonyl (C=O) groups is 1. The van der Waals surface area contributed by atoms with E-state index in [9.17, 15) is 4.79 Å². The lowest BCUT2D eigenvalue weighted by atomic mass is 10.1. The third kappa shape index (κ3) is 5.03. The van der Waals surface area contributed by atoms with E-state index in [1.54, 1.807) is 7.11 Å². The average molecular weight is 411 g/mol. The van der Waals surface area contributed by atoms with E-state index >= 15 is 0 Å². The normalized spacial score (nSPS) is 11.1. The van der Waals surface area contributed by atoms with Crippen molar-refractivity contribution < 1.29 is 9.53 Å². The van der Waals surface area contributed by atoms with Gasteiger partial charge in [-0.25, -0.2) is 10.4 Å². The zero-order chi connectivity index (χ0) is 21.0. The van der Waals surface area contributed by atoms with Crippen molar-refractivity contribution in [3.8, 4) is 5.75 Å². The van der Waals surface area contributed by atoms with Crippen molar-refractivity contribution >= 4 is 40.3 Å². The molecule has 0 saturated carbocycles. The van der Waals surface area contributed by atoms with Crippen molar-refractivity contribution in [1.29, 1.82) is 0 Å². The van der Waals surface area contributed by atoms with Gasteiger partial charge in [0, 0.05) is 16.6 Å². The zero-order valence-electron chi connectivity index (χ0n) is 16.8. The second-order valence-electron chi connectivity index (χ2n) is 6.85. The van der Waals surface area contributed by atoms with Crippen molar-refractivity contribution in [3.63, 3.8) is 0 Å². The summed E-state index contributed by atoms with van der Waals surface area (Å²) in [7, 11) is 1.61. The van der Waals surface area contributed by atoms with Crippen molar-refractivity contribution in [1.82, 2.24) is 10.4 Å². The van der Waals surface area contributed by atoms with Gasteiger partial charge in [0.1, 0.15) is 10.9 Å². The Morgan fingerprint density at radius 2 is 1.90 bits per heavy atom. The van der Waals surface area contributed by atoms with E-state index in [-0.39, 0.29) is 12.5 Å². The second kappa shape index (κ2) is 8.92. The number of hydrogen-bond donors (Lipinski definition) is 2. The van der Waals surface area contributed by atoms with E-state index in [0.717, 1.165) is 33.5 Å². The van der Waals surface area contributed by atoms with Gasteiger partial charge >= 0.3 is 0 Å². The number of hydrogen-bond acceptors (Lipinski definition) is 5. The van der Waals surface area contributed by atoms with Crippen LogP contribution in [-0.2, 0) is 4.79 Å². The Kier molecular flexibility index (Phi) is 6.34. The number of methoxy groups -OCH3 is 1.